The Morgan fingerprint density at radius 2 is 1.87 bits per heavy atom. The van der Waals surface area contributed by atoms with E-state index in [1.165, 1.54) is 54.6 Å². The molecular formula is C21H16FN3O5S. The van der Waals surface area contributed by atoms with Crippen molar-refractivity contribution >= 4 is 46.7 Å². The molecule has 0 radical (unpaired) electrons. The average Bonchev–Trinajstić information content (AvgIpc) is 3.01. The molecule has 0 aliphatic carbocycles. The normalized spacial score (nSPS) is 15.1. The largest absolute Gasteiger partial charge is 0.351 e. The zero-order valence-corrected chi connectivity index (χ0v) is 16.8. The van der Waals surface area contributed by atoms with Crippen LogP contribution in [-0.2, 0) is 9.59 Å². The number of nitrogens with one attached hydrogen (secondary N) is 1. The van der Waals surface area contributed by atoms with E-state index < -0.39 is 27.8 Å². The predicted molar refractivity (Wildman–Crippen MR) is 114 cm³/mol. The number of amides is 3. The highest BCUT2D eigenvalue weighted by Crippen LogP contribution is 2.31. The highest BCUT2D eigenvalue weighted by Gasteiger charge is 2.34. The lowest BCUT2D eigenvalue weighted by Gasteiger charge is -2.12. The molecule has 1 aliphatic rings. The molecule has 1 fully saturated rings. The van der Waals surface area contributed by atoms with Crippen LogP contribution in [0.15, 0.2) is 59.5 Å². The van der Waals surface area contributed by atoms with Crippen molar-refractivity contribution in [3.63, 3.8) is 0 Å². The predicted octanol–water partition coefficient (Wildman–Crippen LogP) is 3.60. The van der Waals surface area contributed by atoms with Gasteiger partial charge in [-0.2, -0.15) is 0 Å². The molecule has 3 rings (SSSR count). The van der Waals surface area contributed by atoms with Crippen molar-refractivity contribution in [1.29, 1.82) is 0 Å². The van der Waals surface area contributed by atoms with E-state index in [1.54, 1.807) is 6.07 Å². The molecule has 0 saturated carbocycles. The summed E-state index contributed by atoms with van der Waals surface area (Å²) in [4.78, 5) is 48.1. The van der Waals surface area contributed by atoms with Gasteiger partial charge in [-0.15, -0.1) is 0 Å². The van der Waals surface area contributed by atoms with Gasteiger partial charge in [0.25, 0.3) is 16.8 Å². The first-order valence-corrected chi connectivity index (χ1v) is 9.87. The van der Waals surface area contributed by atoms with Crippen molar-refractivity contribution in [1.82, 2.24) is 10.2 Å². The van der Waals surface area contributed by atoms with Gasteiger partial charge in [0.15, 0.2) is 0 Å². The van der Waals surface area contributed by atoms with Crippen molar-refractivity contribution in [3.8, 4) is 0 Å². The van der Waals surface area contributed by atoms with E-state index in [9.17, 15) is 28.9 Å². The molecule has 3 amide bonds. The van der Waals surface area contributed by atoms with Crippen LogP contribution in [0.1, 0.15) is 11.1 Å². The molecule has 0 aromatic heterocycles. The minimum Gasteiger partial charge on any atom is -0.351 e. The number of rotatable bonds is 7. The number of hydrogen-bond acceptors (Lipinski definition) is 6. The molecule has 1 N–H and O–H groups in total. The van der Waals surface area contributed by atoms with Crippen molar-refractivity contribution in [2.75, 3.05) is 13.1 Å². The third-order valence-electron chi connectivity index (χ3n) is 4.22. The van der Waals surface area contributed by atoms with Crippen LogP contribution in [0.25, 0.3) is 12.2 Å². The summed E-state index contributed by atoms with van der Waals surface area (Å²) in [6.07, 6.45) is 3.96. The van der Waals surface area contributed by atoms with Gasteiger partial charge in [-0.1, -0.05) is 24.3 Å². The monoisotopic (exact) mass is 441 g/mol. The Morgan fingerprint density at radius 1 is 1.16 bits per heavy atom. The summed E-state index contributed by atoms with van der Waals surface area (Å²) in [6, 6.07) is 11.5. The Hall–Kier alpha value is -3.79. The lowest BCUT2D eigenvalue weighted by molar-refractivity contribution is -0.385. The van der Waals surface area contributed by atoms with Gasteiger partial charge in [-0.05, 0) is 47.7 Å². The number of hydrogen-bond donors (Lipinski definition) is 1. The molecule has 10 heteroatoms. The summed E-state index contributed by atoms with van der Waals surface area (Å²) < 4.78 is 13.0. The van der Waals surface area contributed by atoms with Gasteiger partial charge in [-0.3, -0.25) is 29.4 Å². The lowest BCUT2D eigenvalue weighted by atomic mass is 10.1. The van der Waals surface area contributed by atoms with Crippen LogP contribution in [0.2, 0.25) is 0 Å². The van der Waals surface area contributed by atoms with Crippen molar-refractivity contribution in [2.45, 2.75) is 0 Å². The summed E-state index contributed by atoms with van der Waals surface area (Å²) in [5.74, 6) is -1.42. The average molecular weight is 441 g/mol. The number of halogens is 1. The second-order valence-corrected chi connectivity index (χ2v) is 7.32. The topological polar surface area (TPSA) is 110 Å². The van der Waals surface area contributed by atoms with Crippen LogP contribution in [0.4, 0.5) is 14.9 Å². The SMILES string of the molecule is O=C(/C=C/c1ccccc1[N+](=O)[O-])NCCN1C(=O)S/C(=C/c2ccc(F)cc2)C1=O. The van der Waals surface area contributed by atoms with Gasteiger partial charge in [0, 0.05) is 25.2 Å². The first-order chi connectivity index (χ1) is 14.8. The Kier molecular flexibility index (Phi) is 6.93. The van der Waals surface area contributed by atoms with Gasteiger partial charge < -0.3 is 5.32 Å². The summed E-state index contributed by atoms with van der Waals surface area (Å²) in [7, 11) is 0. The minimum absolute atomic E-state index is 0.0158. The first kappa shape index (κ1) is 21.9. The van der Waals surface area contributed by atoms with Crippen molar-refractivity contribution in [2.24, 2.45) is 0 Å². The zero-order chi connectivity index (χ0) is 22.4. The molecule has 1 aliphatic heterocycles. The zero-order valence-electron chi connectivity index (χ0n) is 16.0. The fourth-order valence-corrected chi connectivity index (χ4v) is 3.58. The molecule has 158 valence electrons. The second-order valence-electron chi connectivity index (χ2n) is 6.33. The maximum Gasteiger partial charge on any atom is 0.293 e. The Labute approximate surface area is 180 Å². The Balaban J connectivity index is 1.55. The van der Waals surface area contributed by atoms with Crippen LogP contribution < -0.4 is 5.32 Å². The third kappa shape index (κ3) is 5.64. The number of carbonyl (C=O) groups excluding carboxylic acids is 3. The lowest BCUT2D eigenvalue weighted by Crippen LogP contribution is -2.36. The van der Waals surface area contributed by atoms with E-state index in [-0.39, 0.29) is 29.2 Å². The third-order valence-corrected chi connectivity index (χ3v) is 5.13. The van der Waals surface area contributed by atoms with Crippen LogP contribution in [0.3, 0.4) is 0 Å². The number of carbonyl (C=O) groups is 3. The van der Waals surface area contributed by atoms with Gasteiger partial charge in [0.05, 0.1) is 15.4 Å². The van der Waals surface area contributed by atoms with Crippen molar-refractivity contribution < 1.29 is 23.7 Å². The van der Waals surface area contributed by atoms with Gasteiger partial charge in [0.2, 0.25) is 5.91 Å². The van der Waals surface area contributed by atoms with E-state index in [0.717, 1.165) is 22.7 Å². The summed E-state index contributed by atoms with van der Waals surface area (Å²) >= 11 is 0.766. The first-order valence-electron chi connectivity index (χ1n) is 9.05. The highest BCUT2D eigenvalue weighted by atomic mass is 32.2. The van der Waals surface area contributed by atoms with E-state index in [1.807, 2.05) is 0 Å². The minimum atomic E-state index is -0.545. The molecule has 31 heavy (non-hydrogen) atoms. The Morgan fingerprint density at radius 3 is 2.58 bits per heavy atom. The van der Waals surface area contributed by atoms with Crippen LogP contribution in [-0.4, -0.2) is 40.0 Å². The molecule has 0 unspecified atom stereocenters. The molecule has 1 heterocycles. The number of para-hydroxylation sites is 1. The molecule has 8 nitrogen and oxygen atoms in total. The summed E-state index contributed by atoms with van der Waals surface area (Å²) in [5.41, 5.74) is 0.733. The quantitative estimate of drug-likeness (QED) is 0.399. The summed E-state index contributed by atoms with van der Waals surface area (Å²) in [6.45, 7) is -0.0155. The molecule has 2 aromatic carbocycles. The maximum atomic E-state index is 13.0. The Bertz CT molecular complexity index is 1100. The molecule has 0 atom stereocenters. The molecule has 1 saturated heterocycles. The van der Waals surface area contributed by atoms with Crippen LogP contribution in [0, 0.1) is 15.9 Å². The number of imide groups is 1. The molecule has 0 bridgehead atoms. The maximum absolute atomic E-state index is 13.0. The fourth-order valence-electron chi connectivity index (χ4n) is 2.71. The number of nitro groups is 1. The van der Waals surface area contributed by atoms with Gasteiger partial charge >= 0.3 is 0 Å². The standard InChI is InChI=1S/C21H16FN3O5S/c22-16-8-5-14(6-9-16)13-18-20(27)24(21(28)31-18)12-11-23-19(26)10-7-15-3-1-2-4-17(15)25(29)30/h1-10,13H,11-12H2,(H,23,26)/b10-7+,18-13+. The van der Waals surface area contributed by atoms with Gasteiger partial charge in [0.1, 0.15) is 5.82 Å². The second kappa shape index (κ2) is 9.81. The highest BCUT2D eigenvalue weighted by molar-refractivity contribution is 8.18. The summed E-state index contributed by atoms with van der Waals surface area (Å²) in [5, 5.41) is 13.0. The van der Waals surface area contributed by atoms with Crippen LogP contribution in [0.5, 0.6) is 0 Å². The van der Waals surface area contributed by atoms with Crippen LogP contribution >= 0.6 is 11.8 Å². The molecule has 0 spiro atoms. The molecular weight excluding hydrogens is 425 g/mol. The van der Waals surface area contributed by atoms with E-state index in [2.05, 4.69) is 5.32 Å². The smallest absolute Gasteiger partial charge is 0.293 e. The van der Waals surface area contributed by atoms with Crippen molar-refractivity contribution in [3.05, 3.63) is 86.6 Å². The van der Waals surface area contributed by atoms with E-state index in [0.29, 0.717) is 5.56 Å². The van der Waals surface area contributed by atoms with E-state index >= 15 is 0 Å². The number of nitro benzene ring substituents is 1. The van der Waals surface area contributed by atoms with Gasteiger partial charge in [-0.25, -0.2) is 4.39 Å². The van der Waals surface area contributed by atoms with E-state index in [4.69, 9.17) is 0 Å². The number of benzene rings is 2. The molecule has 2 aromatic rings. The fraction of sp³-hybridized carbons (Fsp3) is 0.0952. The number of nitrogens with zero attached hydrogens (tertiary/aromatic N) is 2. The number of thioether (sulfide) groups is 1.